The van der Waals surface area contributed by atoms with E-state index >= 15 is 0 Å². The molecule has 5 nitrogen and oxygen atoms in total. The zero-order valence-corrected chi connectivity index (χ0v) is 15.0. The van der Waals surface area contributed by atoms with Crippen LogP contribution in [0.1, 0.15) is 21.5 Å². The molecular weight excluding hydrogens is 326 g/mol. The van der Waals surface area contributed by atoms with Crippen LogP contribution in [0.4, 0.5) is 17.2 Å². The van der Waals surface area contributed by atoms with Gasteiger partial charge in [-0.15, -0.1) is 0 Å². The lowest BCUT2D eigenvalue weighted by atomic mass is 10.1. The summed E-state index contributed by atoms with van der Waals surface area (Å²) in [5.41, 5.74) is 4.76. The maximum absolute atomic E-state index is 12.3. The van der Waals surface area contributed by atoms with E-state index in [0.717, 1.165) is 16.9 Å². The molecule has 1 amide bonds. The van der Waals surface area contributed by atoms with Gasteiger partial charge in [0.05, 0.1) is 19.0 Å². The van der Waals surface area contributed by atoms with Gasteiger partial charge in [-0.05, 0) is 61.4 Å². The van der Waals surface area contributed by atoms with Gasteiger partial charge in [-0.2, -0.15) is 0 Å². The summed E-state index contributed by atoms with van der Waals surface area (Å²) in [5, 5.41) is 6.14. The second-order valence-electron chi connectivity index (χ2n) is 6.06. The quantitative estimate of drug-likeness (QED) is 0.702. The van der Waals surface area contributed by atoms with Crippen molar-refractivity contribution in [3.8, 4) is 5.75 Å². The predicted molar refractivity (Wildman–Crippen MR) is 104 cm³/mol. The molecule has 0 bridgehead atoms. The molecule has 1 aromatic heterocycles. The first kappa shape index (κ1) is 17.5. The standard InChI is InChI=1S/C21H21N3O2/c1-14-7-8-15(2)19(11-14)23-17-9-10-20(22-13-17)24-21(25)16-5-4-6-18(12-16)26-3/h4-13,23H,1-3H3,(H,22,24,25). The Hall–Kier alpha value is -3.34. The molecule has 0 radical (unpaired) electrons. The van der Waals surface area contributed by atoms with E-state index in [1.807, 2.05) is 6.07 Å². The predicted octanol–water partition coefficient (Wildman–Crippen LogP) is 4.70. The summed E-state index contributed by atoms with van der Waals surface area (Å²) in [6, 6.07) is 16.9. The van der Waals surface area contributed by atoms with Crippen molar-refractivity contribution in [1.29, 1.82) is 0 Å². The van der Waals surface area contributed by atoms with Gasteiger partial charge in [0.1, 0.15) is 11.6 Å². The zero-order valence-electron chi connectivity index (χ0n) is 15.0. The number of hydrogen-bond donors (Lipinski definition) is 2. The highest BCUT2D eigenvalue weighted by molar-refractivity contribution is 6.04. The van der Waals surface area contributed by atoms with E-state index in [0.29, 0.717) is 17.1 Å². The number of ether oxygens (including phenoxy) is 1. The number of aromatic nitrogens is 1. The lowest BCUT2D eigenvalue weighted by Gasteiger charge is -2.11. The van der Waals surface area contributed by atoms with Crippen LogP contribution in [0.5, 0.6) is 5.75 Å². The number of anilines is 3. The largest absolute Gasteiger partial charge is 0.497 e. The van der Waals surface area contributed by atoms with E-state index in [1.165, 1.54) is 5.56 Å². The average molecular weight is 347 g/mol. The van der Waals surface area contributed by atoms with Gasteiger partial charge in [0, 0.05) is 11.3 Å². The molecule has 26 heavy (non-hydrogen) atoms. The molecule has 0 saturated heterocycles. The van der Waals surface area contributed by atoms with E-state index in [9.17, 15) is 4.79 Å². The Bertz CT molecular complexity index is 921. The van der Waals surface area contributed by atoms with Crippen molar-refractivity contribution in [2.75, 3.05) is 17.7 Å². The molecule has 0 aliphatic carbocycles. The first-order valence-electron chi connectivity index (χ1n) is 8.31. The molecule has 0 fully saturated rings. The van der Waals surface area contributed by atoms with E-state index < -0.39 is 0 Å². The number of aryl methyl sites for hydroxylation is 2. The van der Waals surface area contributed by atoms with Crippen LogP contribution in [0.25, 0.3) is 0 Å². The normalized spacial score (nSPS) is 10.3. The molecule has 0 aliphatic heterocycles. The second kappa shape index (κ2) is 7.70. The highest BCUT2D eigenvalue weighted by atomic mass is 16.5. The van der Waals surface area contributed by atoms with Crippen LogP contribution in [-0.2, 0) is 0 Å². The van der Waals surface area contributed by atoms with Crippen molar-refractivity contribution in [3.05, 3.63) is 77.5 Å². The Morgan fingerprint density at radius 3 is 2.62 bits per heavy atom. The summed E-state index contributed by atoms with van der Waals surface area (Å²) in [4.78, 5) is 16.6. The number of methoxy groups -OCH3 is 1. The monoisotopic (exact) mass is 347 g/mol. The van der Waals surface area contributed by atoms with Crippen LogP contribution in [-0.4, -0.2) is 18.0 Å². The van der Waals surface area contributed by atoms with Gasteiger partial charge in [0.25, 0.3) is 5.91 Å². The molecule has 2 N–H and O–H groups in total. The fourth-order valence-electron chi connectivity index (χ4n) is 2.52. The minimum atomic E-state index is -0.230. The first-order valence-corrected chi connectivity index (χ1v) is 8.31. The number of nitrogens with one attached hydrogen (secondary N) is 2. The number of pyridine rings is 1. The first-order chi connectivity index (χ1) is 12.5. The molecular formula is C21H21N3O2. The van der Waals surface area contributed by atoms with Gasteiger partial charge in [0.15, 0.2) is 0 Å². The summed E-state index contributed by atoms with van der Waals surface area (Å²) in [6.07, 6.45) is 1.70. The van der Waals surface area contributed by atoms with Crippen LogP contribution < -0.4 is 15.4 Å². The lowest BCUT2D eigenvalue weighted by molar-refractivity contribution is 0.102. The Kier molecular flexibility index (Phi) is 5.17. The van der Waals surface area contributed by atoms with Gasteiger partial charge < -0.3 is 15.4 Å². The highest BCUT2D eigenvalue weighted by Gasteiger charge is 2.08. The fourth-order valence-corrected chi connectivity index (χ4v) is 2.52. The second-order valence-corrected chi connectivity index (χ2v) is 6.06. The van der Waals surface area contributed by atoms with Crippen molar-refractivity contribution in [2.45, 2.75) is 13.8 Å². The summed E-state index contributed by atoms with van der Waals surface area (Å²) >= 11 is 0. The third-order valence-corrected chi connectivity index (χ3v) is 4.01. The number of benzene rings is 2. The Morgan fingerprint density at radius 1 is 1.04 bits per heavy atom. The number of rotatable bonds is 5. The zero-order chi connectivity index (χ0) is 18.5. The van der Waals surface area contributed by atoms with Crippen molar-refractivity contribution < 1.29 is 9.53 Å². The van der Waals surface area contributed by atoms with Gasteiger partial charge >= 0.3 is 0 Å². The molecule has 0 aliphatic rings. The van der Waals surface area contributed by atoms with Gasteiger partial charge in [-0.3, -0.25) is 4.79 Å². The summed E-state index contributed by atoms with van der Waals surface area (Å²) < 4.78 is 5.14. The molecule has 2 aromatic carbocycles. The maximum Gasteiger partial charge on any atom is 0.256 e. The Morgan fingerprint density at radius 2 is 1.88 bits per heavy atom. The summed E-state index contributed by atoms with van der Waals surface area (Å²) in [7, 11) is 1.57. The van der Waals surface area contributed by atoms with Crippen LogP contribution in [0.2, 0.25) is 0 Å². The Labute approximate surface area is 153 Å². The smallest absolute Gasteiger partial charge is 0.256 e. The van der Waals surface area contributed by atoms with Gasteiger partial charge in [-0.1, -0.05) is 18.2 Å². The van der Waals surface area contributed by atoms with Gasteiger partial charge in [-0.25, -0.2) is 4.98 Å². The summed E-state index contributed by atoms with van der Waals surface area (Å²) in [5.74, 6) is 0.898. The molecule has 0 atom stereocenters. The molecule has 0 unspecified atom stereocenters. The number of carbonyl (C=O) groups excluding carboxylic acids is 1. The van der Waals surface area contributed by atoms with Crippen LogP contribution in [0.15, 0.2) is 60.8 Å². The molecule has 3 rings (SSSR count). The minimum Gasteiger partial charge on any atom is -0.497 e. The van der Waals surface area contributed by atoms with Crippen LogP contribution in [0, 0.1) is 13.8 Å². The Balaban J connectivity index is 1.69. The van der Waals surface area contributed by atoms with Crippen molar-refractivity contribution >= 4 is 23.1 Å². The van der Waals surface area contributed by atoms with E-state index in [2.05, 4.69) is 47.7 Å². The van der Waals surface area contributed by atoms with Crippen molar-refractivity contribution in [3.63, 3.8) is 0 Å². The molecule has 0 spiro atoms. The third-order valence-electron chi connectivity index (χ3n) is 4.01. The topological polar surface area (TPSA) is 63.2 Å². The minimum absolute atomic E-state index is 0.230. The lowest BCUT2D eigenvalue weighted by Crippen LogP contribution is -2.13. The molecule has 0 saturated carbocycles. The van der Waals surface area contributed by atoms with Gasteiger partial charge in [0.2, 0.25) is 0 Å². The molecule has 1 heterocycles. The van der Waals surface area contributed by atoms with Crippen molar-refractivity contribution in [2.24, 2.45) is 0 Å². The van der Waals surface area contributed by atoms with E-state index in [1.54, 1.807) is 43.6 Å². The number of carbonyl (C=O) groups is 1. The summed E-state index contributed by atoms with van der Waals surface area (Å²) in [6.45, 7) is 4.11. The highest BCUT2D eigenvalue weighted by Crippen LogP contribution is 2.22. The SMILES string of the molecule is COc1cccc(C(=O)Nc2ccc(Nc3cc(C)ccc3C)cn2)c1. The molecule has 3 aromatic rings. The molecule has 132 valence electrons. The fraction of sp³-hybridized carbons (Fsp3) is 0.143. The number of nitrogens with zero attached hydrogens (tertiary/aromatic N) is 1. The molecule has 5 heteroatoms. The van der Waals surface area contributed by atoms with E-state index in [-0.39, 0.29) is 5.91 Å². The third kappa shape index (κ3) is 4.19. The number of amides is 1. The maximum atomic E-state index is 12.3. The number of hydrogen-bond acceptors (Lipinski definition) is 4. The average Bonchev–Trinajstić information content (AvgIpc) is 2.66. The van der Waals surface area contributed by atoms with E-state index in [4.69, 9.17) is 4.74 Å². The van der Waals surface area contributed by atoms with Crippen molar-refractivity contribution in [1.82, 2.24) is 4.98 Å². The van der Waals surface area contributed by atoms with Crippen LogP contribution in [0.3, 0.4) is 0 Å². The van der Waals surface area contributed by atoms with Crippen LogP contribution >= 0.6 is 0 Å².